The zero-order chi connectivity index (χ0) is 19.4. The number of rotatable bonds is 2. The van der Waals surface area contributed by atoms with Gasteiger partial charge in [0.05, 0.1) is 5.60 Å². The zero-order valence-electron chi connectivity index (χ0n) is 16.9. The lowest BCUT2D eigenvalue weighted by molar-refractivity contribution is -0.161. The highest BCUT2D eigenvalue weighted by molar-refractivity contribution is 5.99. The highest BCUT2D eigenvalue weighted by atomic mass is 16.5. The summed E-state index contributed by atoms with van der Waals surface area (Å²) in [5, 5.41) is 11.9. The largest absolute Gasteiger partial charge is 0.462 e. The molecule has 4 nitrogen and oxygen atoms in total. The predicted molar refractivity (Wildman–Crippen MR) is 100 cm³/mol. The first-order valence-electron chi connectivity index (χ1n) is 9.80. The fraction of sp³-hybridized carbons (Fsp3) is 0.727. The molecule has 0 saturated heterocycles. The lowest BCUT2D eigenvalue weighted by Crippen LogP contribution is -2.52. The number of esters is 1. The first kappa shape index (κ1) is 19.3. The van der Waals surface area contributed by atoms with Gasteiger partial charge in [0, 0.05) is 24.7 Å². The van der Waals surface area contributed by atoms with Gasteiger partial charge in [-0.1, -0.05) is 38.0 Å². The second-order valence-electron chi connectivity index (χ2n) is 9.19. The van der Waals surface area contributed by atoms with Gasteiger partial charge in [0.2, 0.25) is 0 Å². The summed E-state index contributed by atoms with van der Waals surface area (Å²) in [5.41, 5.74) is 1.60. The molecule has 0 aromatic carbocycles. The topological polar surface area (TPSA) is 63.6 Å². The Morgan fingerprint density at radius 1 is 1.35 bits per heavy atom. The molecule has 0 spiro atoms. The molecular weight excluding hydrogens is 328 g/mol. The van der Waals surface area contributed by atoms with E-state index in [0.29, 0.717) is 25.7 Å². The molecule has 3 rings (SSSR count). The van der Waals surface area contributed by atoms with E-state index in [9.17, 15) is 14.7 Å². The minimum Gasteiger partial charge on any atom is -0.462 e. The number of hydrogen-bond acceptors (Lipinski definition) is 4. The Hall–Kier alpha value is -1.42. The summed E-state index contributed by atoms with van der Waals surface area (Å²) < 4.78 is 5.74. The van der Waals surface area contributed by atoms with Crippen molar-refractivity contribution in [3.05, 3.63) is 22.8 Å². The van der Waals surface area contributed by atoms with Crippen molar-refractivity contribution in [1.29, 1.82) is 0 Å². The van der Waals surface area contributed by atoms with E-state index in [2.05, 4.69) is 33.8 Å². The monoisotopic (exact) mass is 360 g/mol. The van der Waals surface area contributed by atoms with Crippen LogP contribution in [0.3, 0.4) is 0 Å². The van der Waals surface area contributed by atoms with Crippen LogP contribution in [-0.4, -0.2) is 28.6 Å². The standard InChI is InChI=1S/C22H32O4/c1-12(2)18-10-20(26-15(5)23)21(6)11-17-14(4)19(24)9-16(17)13(3)7-8-22(18,21)25/h7,12,16,18,20,25H,8-11H2,1-6H3/b13-7-/t16?,18-,20-,21+,22-/m0/s1. The molecule has 26 heavy (non-hydrogen) atoms. The van der Waals surface area contributed by atoms with Gasteiger partial charge in [-0.2, -0.15) is 0 Å². The van der Waals surface area contributed by atoms with Crippen LogP contribution in [0.15, 0.2) is 22.8 Å². The highest BCUT2D eigenvalue weighted by Gasteiger charge is 2.64. The smallest absolute Gasteiger partial charge is 0.302 e. The van der Waals surface area contributed by atoms with Crippen LogP contribution in [0.4, 0.5) is 0 Å². The quantitative estimate of drug-likeness (QED) is 0.598. The molecule has 1 unspecified atom stereocenters. The second kappa shape index (κ2) is 6.33. The first-order chi connectivity index (χ1) is 12.0. The number of allylic oxidation sites excluding steroid dienone is 3. The van der Waals surface area contributed by atoms with Gasteiger partial charge in [-0.15, -0.1) is 0 Å². The number of ether oxygens (including phenoxy) is 1. The van der Waals surface area contributed by atoms with E-state index in [1.807, 2.05) is 6.92 Å². The summed E-state index contributed by atoms with van der Waals surface area (Å²) in [6.07, 6.45) is 4.15. The van der Waals surface area contributed by atoms with Crippen molar-refractivity contribution < 1.29 is 19.4 Å². The molecular formula is C22H32O4. The summed E-state index contributed by atoms with van der Waals surface area (Å²) in [6, 6.07) is 0. The molecule has 0 amide bonds. The van der Waals surface area contributed by atoms with Crippen LogP contribution in [0, 0.1) is 23.2 Å². The summed E-state index contributed by atoms with van der Waals surface area (Å²) in [4.78, 5) is 24.2. The van der Waals surface area contributed by atoms with Gasteiger partial charge in [-0.3, -0.25) is 9.59 Å². The van der Waals surface area contributed by atoms with Crippen LogP contribution in [0.2, 0.25) is 0 Å². The molecule has 1 saturated carbocycles. The molecule has 3 aliphatic carbocycles. The number of fused-ring (bicyclic) bond motifs is 2. The van der Waals surface area contributed by atoms with Crippen molar-refractivity contribution in [2.24, 2.45) is 23.2 Å². The van der Waals surface area contributed by atoms with Crippen molar-refractivity contribution in [2.45, 2.75) is 78.9 Å². The molecule has 0 bridgehead atoms. The van der Waals surface area contributed by atoms with Crippen LogP contribution in [0.25, 0.3) is 0 Å². The Kier molecular flexibility index (Phi) is 4.71. The molecule has 3 aliphatic rings. The minimum atomic E-state index is -0.952. The van der Waals surface area contributed by atoms with Crippen LogP contribution < -0.4 is 0 Å². The third-order valence-electron chi connectivity index (χ3n) is 7.45. The van der Waals surface area contributed by atoms with E-state index < -0.39 is 11.0 Å². The van der Waals surface area contributed by atoms with Crippen molar-refractivity contribution in [1.82, 2.24) is 0 Å². The van der Waals surface area contributed by atoms with E-state index >= 15 is 0 Å². The van der Waals surface area contributed by atoms with Crippen molar-refractivity contribution in [3.63, 3.8) is 0 Å². The normalized spacial score (nSPS) is 42.1. The van der Waals surface area contributed by atoms with E-state index in [-0.39, 0.29) is 35.6 Å². The van der Waals surface area contributed by atoms with Crippen LogP contribution >= 0.6 is 0 Å². The molecule has 0 aliphatic heterocycles. The number of carbonyl (C=O) groups excluding carboxylic acids is 2. The van der Waals surface area contributed by atoms with Gasteiger partial charge in [-0.25, -0.2) is 0 Å². The van der Waals surface area contributed by atoms with Gasteiger partial charge >= 0.3 is 5.97 Å². The Labute approximate surface area is 156 Å². The van der Waals surface area contributed by atoms with Crippen molar-refractivity contribution in [2.75, 3.05) is 0 Å². The Bertz CT molecular complexity index is 701. The average Bonchev–Trinajstić information content (AvgIpc) is 2.92. The Balaban J connectivity index is 2.15. The van der Waals surface area contributed by atoms with Gasteiger partial charge in [0.15, 0.2) is 5.78 Å². The molecule has 144 valence electrons. The molecule has 0 heterocycles. The van der Waals surface area contributed by atoms with Gasteiger partial charge in [0.25, 0.3) is 0 Å². The van der Waals surface area contributed by atoms with Crippen molar-refractivity contribution >= 4 is 11.8 Å². The summed E-state index contributed by atoms with van der Waals surface area (Å²) in [6.45, 7) is 11.7. The summed E-state index contributed by atoms with van der Waals surface area (Å²) in [5.74, 6) is 0.371. The highest BCUT2D eigenvalue weighted by Crippen LogP contribution is 2.60. The lowest BCUT2D eigenvalue weighted by Gasteiger charge is -2.47. The average molecular weight is 360 g/mol. The third-order valence-corrected chi connectivity index (χ3v) is 7.45. The Morgan fingerprint density at radius 3 is 2.58 bits per heavy atom. The number of Topliss-reactive ketones (excluding diaryl/α,β-unsaturated/α-hetero) is 1. The van der Waals surface area contributed by atoms with Crippen LogP contribution in [0.5, 0.6) is 0 Å². The maximum absolute atomic E-state index is 12.4. The molecule has 0 aromatic heterocycles. The Morgan fingerprint density at radius 2 is 2.00 bits per heavy atom. The zero-order valence-corrected chi connectivity index (χ0v) is 16.9. The minimum absolute atomic E-state index is 0.0514. The summed E-state index contributed by atoms with van der Waals surface area (Å²) >= 11 is 0. The van der Waals surface area contributed by atoms with Gasteiger partial charge in [0.1, 0.15) is 6.10 Å². The van der Waals surface area contributed by atoms with E-state index in [0.717, 1.165) is 11.1 Å². The molecule has 4 heteroatoms. The van der Waals surface area contributed by atoms with Gasteiger partial charge in [-0.05, 0) is 50.5 Å². The van der Waals surface area contributed by atoms with E-state index in [1.54, 1.807) is 0 Å². The molecule has 1 fully saturated rings. The predicted octanol–water partition coefficient (Wildman–Crippen LogP) is 3.98. The van der Waals surface area contributed by atoms with Gasteiger partial charge < -0.3 is 9.84 Å². The summed E-state index contributed by atoms with van der Waals surface area (Å²) in [7, 11) is 0. The molecule has 1 N–H and O–H groups in total. The number of ketones is 1. The number of hydrogen-bond donors (Lipinski definition) is 1. The van der Waals surface area contributed by atoms with E-state index in [1.165, 1.54) is 12.5 Å². The van der Waals surface area contributed by atoms with Crippen LogP contribution in [0.1, 0.15) is 67.2 Å². The van der Waals surface area contributed by atoms with Crippen LogP contribution in [-0.2, 0) is 14.3 Å². The number of carbonyl (C=O) groups is 2. The third kappa shape index (κ3) is 2.69. The maximum atomic E-state index is 12.4. The molecule has 0 radical (unpaired) electrons. The van der Waals surface area contributed by atoms with E-state index in [4.69, 9.17) is 4.74 Å². The maximum Gasteiger partial charge on any atom is 0.302 e. The lowest BCUT2D eigenvalue weighted by atomic mass is 9.62. The first-order valence-corrected chi connectivity index (χ1v) is 9.80. The fourth-order valence-corrected chi connectivity index (χ4v) is 5.69. The molecule has 0 aromatic rings. The fourth-order valence-electron chi connectivity index (χ4n) is 5.69. The molecule has 5 atom stereocenters. The SMILES string of the molecule is CC(=O)O[C@H]1C[C@@H](C(C)C)[C@@]2(O)C/C=C(/C)C3CC(=O)C(C)=C3C[C@]12C. The van der Waals surface area contributed by atoms with Crippen molar-refractivity contribution in [3.8, 4) is 0 Å². The number of aliphatic hydroxyl groups is 1. The second-order valence-corrected chi connectivity index (χ2v) is 9.19.